The van der Waals surface area contributed by atoms with Gasteiger partial charge in [0.15, 0.2) is 0 Å². The van der Waals surface area contributed by atoms with Gasteiger partial charge >= 0.3 is 5.97 Å². The number of hydrogen-bond donors (Lipinski definition) is 0. The van der Waals surface area contributed by atoms with Crippen LogP contribution in [0.3, 0.4) is 0 Å². The van der Waals surface area contributed by atoms with Gasteiger partial charge < -0.3 is 4.74 Å². The van der Waals surface area contributed by atoms with Crippen molar-refractivity contribution < 1.29 is 9.53 Å². The van der Waals surface area contributed by atoms with E-state index in [4.69, 9.17) is 4.74 Å². The summed E-state index contributed by atoms with van der Waals surface area (Å²) >= 11 is 0. The van der Waals surface area contributed by atoms with Gasteiger partial charge in [0.2, 0.25) is 0 Å². The van der Waals surface area contributed by atoms with Gasteiger partial charge in [-0.05, 0) is 97.7 Å². The number of rotatable bonds is 7. The van der Waals surface area contributed by atoms with Crippen LogP contribution in [0.25, 0.3) is 0 Å². The summed E-state index contributed by atoms with van der Waals surface area (Å²) in [6.07, 6.45) is 18.7. The van der Waals surface area contributed by atoms with Gasteiger partial charge in [-0.25, -0.2) is 0 Å². The largest absolute Gasteiger partial charge is 0.462 e. The molecule has 0 spiro atoms. The lowest BCUT2D eigenvalue weighted by Gasteiger charge is -2.58. The Labute approximate surface area is 198 Å². The molecule has 2 nitrogen and oxygen atoms in total. The standard InChI is InChI=1S/C30H50O2/c1-7-22(20(2)3)9-8-10-23-12-14-27-26-13-11-24-19-25(32-21(4)31)15-17-30(24,6)28(26)16-18-29(23,27)5/h11,20,22-23,25-28H,7-10,12-19H2,1-6H3/t22-,23+,25-,26+,27+,28+,29+,30-/m0/s1. The highest BCUT2D eigenvalue weighted by Gasteiger charge is 2.58. The maximum Gasteiger partial charge on any atom is 0.302 e. The Morgan fingerprint density at radius 2 is 1.91 bits per heavy atom. The zero-order valence-electron chi connectivity index (χ0n) is 21.9. The zero-order chi connectivity index (χ0) is 23.1. The van der Waals surface area contributed by atoms with E-state index in [2.05, 4.69) is 40.7 Å². The Kier molecular flexibility index (Phi) is 7.19. The van der Waals surface area contributed by atoms with Crippen molar-refractivity contribution in [1.29, 1.82) is 0 Å². The fourth-order valence-electron chi connectivity index (χ4n) is 9.18. The number of esters is 1. The second-order valence-electron chi connectivity index (χ2n) is 12.9. The molecule has 8 atom stereocenters. The average Bonchev–Trinajstić information content (AvgIpc) is 3.07. The molecule has 0 aromatic carbocycles. The summed E-state index contributed by atoms with van der Waals surface area (Å²) in [5, 5.41) is 0. The number of fused-ring (bicyclic) bond motifs is 5. The topological polar surface area (TPSA) is 26.3 Å². The molecular formula is C30H50O2. The quantitative estimate of drug-likeness (QED) is 0.292. The summed E-state index contributed by atoms with van der Waals surface area (Å²) in [7, 11) is 0. The Hall–Kier alpha value is -0.790. The van der Waals surface area contributed by atoms with E-state index in [1.165, 1.54) is 64.2 Å². The Bertz CT molecular complexity index is 708. The minimum Gasteiger partial charge on any atom is -0.462 e. The third-order valence-electron chi connectivity index (χ3n) is 11.2. The van der Waals surface area contributed by atoms with Crippen molar-refractivity contribution in [3.05, 3.63) is 11.6 Å². The molecule has 2 heteroatoms. The fraction of sp³-hybridized carbons (Fsp3) is 0.900. The van der Waals surface area contributed by atoms with E-state index in [0.29, 0.717) is 10.8 Å². The van der Waals surface area contributed by atoms with Crippen molar-refractivity contribution in [2.24, 2.45) is 46.3 Å². The van der Waals surface area contributed by atoms with E-state index in [9.17, 15) is 4.79 Å². The minimum atomic E-state index is -0.114. The van der Waals surface area contributed by atoms with E-state index in [1.54, 1.807) is 12.5 Å². The molecule has 182 valence electrons. The third kappa shape index (κ3) is 4.34. The average molecular weight is 443 g/mol. The molecule has 0 saturated heterocycles. The second kappa shape index (κ2) is 9.46. The molecule has 4 aliphatic carbocycles. The molecule has 4 aliphatic rings. The van der Waals surface area contributed by atoms with Crippen LogP contribution in [0.1, 0.15) is 119 Å². The minimum absolute atomic E-state index is 0.114. The van der Waals surface area contributed by atoms with E-state index in [-0.39, 0.29) is 12.1 Å². The van der Waals surface area contributed by atoms with E-state index in [0.717, 1.165) is 48.3 Å². The van der Waals surface area contributed by atoms with E-state index < -0.39 is 0 Å². The predicted octanol–water partition coefficient (Wildman–Crippen LogP) is 8.35. The highest BCUT2D eigenvalue weighted by Crippen LogP contribution is 2.66. The van der Waals surface area contributed by atoms with Crippen molar-refractivity contribution in [3.8, 4) is 0 Å². The van der Waals surface area contributed by atoms with Gasteiger partial charge in [0.25, 0.3) is 0 Å². The van der Waals surface area contributed by atoms with Crippen LogP contribution in [0.4, 0.5) is 0 Å². The summed E-state index contributed by atoms with van der Waals surface area (Å²) in [6, 6.07) is 0. The molecule has 0 unspecified atom stereocenters. The number of allylic oxidation sites excluding steroid dienone is 1. The van der Waals surface area contributed by atoms with Crippen LogP contribution < -0.4 is 0 Å². The normalized spacial score (nSPS) is 42.0. The molecule has 3 saturated carbocycles. The summed E-state index contributed by atoms with van der Waals surface area (Å²) < 4.78 is 5.62. The van der Waals surface area contributed by atoms with Crippen LogP contribution >= 0.6 is 0 Å². The first-order valence-corrected chi connectivity index (χ1v) is 14.1. The van der Waals surface area contributed by atoms with Crippen molar-refractivity contribution >= 4 is 5.97 Å². The summed E-state index contributed by atoms with van der Waals surface area (Å²) in [4.78, 5) is 11.5. The highest BCUT2D eigenvalue weighted by atomic mass is 16.5. The van der Waals surface area contributed by atoms with Gasteiger partial charge in [-0.1, -0.05) is 65.5 Å². The van der Waals surface area contributed by atoms with Gasteiger partial charge in [-0.2, -0.15) is 0 Å². The highest BCUT2D eigenvalue weighted by molar-refractivity contribution is 5.66. The van der Waals surface area contributed by atoms with Crippen molar-refractivity contribution in [3.63, 3.8) is 0 Å². The van der Waals surface area contributed by atoms with E-state index >= 15 is 0 Å². The lowest BCUT2D eigenvalue weighted by molar-refractivity contribution is -0.148. The maximum absolute atomic E-state index is 11.5. The molecule has 0 N–H and O–H groups in total. The van der Waals surface area contributed by atoms with Gasteiger partial charge in [0, 0.05) is 13.3 Å². The van der Waals surface area contributed by atoms with Crippen LogP contribution in [0.5, 0.6) is 0 Å². The maximum atomic E-state index is 11.5. The summed E-state index contributed by atoms with van der Waals surface area (Å²) in [6.45, 7) is 14.0. The number of hydrogen-bond acceptors (Lipinski definition) is 2. The number of ether oxygens (including phenoxy) is 1. The molecule has 32 heavy (non-hydrogen) atoms. The molecule has 0 radical (unpaired) electrons. The first kappa shape index (κ1) is 24.3. The first-order valence-electron chi connectivity index (χ1n) is 14.1. The monoisotopic (exact) mass is 442 g/mol. The molecular weight excluding hydrogens is 392 g/mol. The molecule has 0 bridgehead atoms. The van der Waals surface area contributed by atoms with Gasteiger partial charge in [0.1, 0.15) is 6.10 Å². The predicted molar refractivity (Wildman–Crippen MR) is 133 cm³/mol. The summed E-state index contributed by atoms with van der Waals surface area (Å²) in [5.41, 5.74) is 2.55. The van der Waals surface area contributed by atoms with Crippen molar-refractivity contribution in [2.75, 3.05) is 0 Å². The van der Waals surface area contributed by atoms with E-state index in [1.807, 2.05) is 0 Å². The lowest BCUT2D eigenvalue weighted by Crippen LogP contribution is -2.50. The zero-order valence-corrected chi connectivity index (χ0v) is 21.9. The first-order chi connectivity index (χ1) is 15.2. The van der Waals surface area contributed by atoms with Crippen LogP contribution in [0, 0.1) is 46.3 Å². The van der Waals surface area contributed by atoms with Crippen molar-refractivity contribution in [1.82, 2.24) is 0 Å². The number of carbonyl (C=O) groups excluding carboxylic acids is 1. The Morgan fingerprint density at radius 1 is 1.12 bits per heavy atom. The molecule has 0 aromatic rings. The van der Waals surface area contributed by atoms with Gasteiger partial charge in [0.05, 0.1) is 0 Å². The van der Waals surface area contributed by atoms with Gasteiger partial charge in [-0.15, -0.1) is 0 Å². The molecule has 0 aromatic heterocycles. The fourth-order valence-corrected chi connectivity index (χ4v) is 9.18. The Morgan fingerprint density at radius 3 is 2.59 bits per heavy atom. The van der Waals surface area contributed by atoms with Crippen LogP contribution in [-0.2, 0) is 9.53 Å². The second-order valence-corrected chi connectivity index (χ2v) is 12.9. The van der Waals surface area contributed by atoms with Crippen molar-refractivity contribution in [2.45, 2.75) is 125 Å². The van der Waals surface area contributed by atoms with Crippen LogP contribution in [-0.4, -0.2) is 12.1 Å². The molecule has 0 amide bonds. The molecule has 0 heterocycles. The van der Waals surface area contributed by atoms with Gasteiger partial charge in [-0.3, -0.25) is 4.79 Å². The van der Waals surface area contributed by atoms with Crippen LogP contribution in [0.2, 0.25) is 0 Å². The lowest BCUT2D eigenvalue weighted by atomic mass is 9.47. The smallest absolute Gasteiger partial charge is 0.302 e. The number of carbonyl (C=O) groups is 1. The molecule has 3 fully saturated rings. The van der Waals surface area contributed by atoms with Crippen LogP contribution in [0.15, 0.2) is 11.6 Å². The molecule has 0 aliphatic heterocycles. The molecule has 4 rings (SSSR count). The summed E-state index contributed by atoms with van der Waals surface area (Å²) in [5.74, 6) is 5.26. The SMILES string of the molecule is CC[C@@H](CCC[C@@H]1CC[C@@H]2[C@H]3CC=C4C[C@@H](OC(C)=O)CC[C@]4(C)[C@@H]3CC[C@]12C)C(C)C. The third-order valence-corrected chi connectivity index (χ3v) is 11.2. The Balaban J connectivity index is 1.42.